The molecule has 0 unspecified atom stereocenters. The van der Waals surface area contributed by atoms with Crippen molar-refractivity contribution < 1.29 is 19.1 Å². The summed E-state index contributed by atoms with van der Waals surface area (Å²) in [6.45, 7) is 5.03. The van der Waals surface area contributed by atoms with Crippen LogP contribution >= 0.6 is 34.4 Å². The summed E-state index contributed by atoms with van der Waals surface area (Å²) in [4.78, 5) is 41.7. The molecule has 30 heavy (non-hydrogen) atoms. The van der Waals surface area contributed by atoms with Crippen LogP contribution in [0, 0.1) is 6.92 Å². The molecule has 2 heterocycles. The van der Waals surface area contributed by atoms with Crippen molar-refractivity contribution in [1.82, 2.24) is 4.98 Å². The molecule has 6 nitrogen and oxygen atoms in total. The lowest BCUT2D eigenvalue weighted by molar-refractivity contribution is -0.113. The smallest absolute Gasteiger partial charge is 0.341 e. The highest BCUT2D eigenvalue weighted by atomic mass is 32.2. The van der Waals surface area contributed by atoms with Crippen LogP contribution in [0.15, 0.2) is 40.1 Å². The molecule has 1 aromatic carbocycles. The van der Waals surface area contributed by atoms with Crippen LogP contribution in [0.5, 0.6) is 0 Å². The lowest BCUT2D eigenvalue weighted by Crippen LogP contribution is -2.16. The van der Waals surface area contributed by atoms with Gasteiger partial charge in [-0.15, -0.1) is 22.7 Å². The molecule has 0 aliphatic rings. The number of Topliss-reactive ketones (excluding diaryl/α,β-unsaturated/α-hetero) is 1. The van der Waals surface area contributed by atoms with Gasteiger partial charge in [0.15, 0.2) is 10.1 Å². The molecule has 0 radical (unpaired) electrons. The molecular weight excluding hydrogens is 440 g/mol. The average molecular weight is 461 g/mol. The van der Waals surface area contributed by atoms with E-state index in [0.29, 0.717) is 15.4 Å². The lowest BCUT2D eigenvalue weighted by Gasteiger charge is -2.06. The normalized spacial score (nSPS) is 10.6. The summed E-state index contributed by atoms with van der Waals surface area (Å²) in [5.41, 5.74) is 2.66. The number of amides is 1. The zero-order valence-corrected chi connectivity index (χ0v) is 19.1. The van der Waals surface area contributed by atoms with Crippen molar-refractivity contribution in [2.45, 2.75) is 25.1 Å². The largest absolute Gasteiger partial charge is 0.462 e. The van der Waals surface area contributed by atoms with E-state index in [-0.39, 0.29) is 29.6 Å². The molecule has 1 N–H and O–H groups in total. The molecule has 3 aromatic rings. The number of carbonyl (C=O) groups is 3. The Morgan fingerprint density at radius 2 is 1.93 bits per heavy atom. The van der Waals surface area contributed by atoms with Crippen molar-refractivity contribution in [3.8, 4) is 11.3 Å². The fraction of sp³-hybridized carbons (Fsp3) is 0.238. The Kier molecular flexibility index (Phi) is 7.41. The number of aromatic nitrogens is 1. The van der Waals surface area contributed by atoms with E-state index >= 15 is 0 Å². The van der Waals surface area contributed by atoms with Gasteiger partial charge < -0.3 is 10.1 Å². The highest BCUT2D eigenvalue weighted by Crippen LogP contribution is 2.34. The van der Waals surface area contributed by atoms with Gasteiger partial charge in [0.2, 0.25) is 5.91 Å². The Morgan fingerprint density at radius 3 is 2.60 bits per heavy atom. The molecule has 0 aliphatic heterocycles. The van der Waals surface area contributed by atoms with E-state index in [1.807, 2.05) is 35.7 Å². The minimum atomic E-state index is -0.547. The van der Waals surface area contributed by atoms with E-state index in [1.54, 1.807) is 13.8 Å². The zero-order chi connectivity index (χ0) is 21.7. The maximum Gasteiger partial charge on any atom is 0.341 e. The molecule has 0 aliphatic carbocycles. The van der Waals surface area contributed by atoms with Gasteiger partial charge in [-0.1, -0.05) is 42.1 Å². The van der Waals surface area contributed by atoms with Gasteiger partial charge in [-0.05, 0) is 26.3 Å². The number of ether oxygens (including phenoxy) is 1. The number of hydrogen-bond acceptors (Lipinski definition) is 8. The van der Waals surface area contributed by atoms with Crippen molar-refractivity contribution in [3.05, 3.63) is 51.7 Å². The van der Waals surface area contributed by atoms with Crippen LogP contribution in [-0.4, -0.2) is 35.0 Å². The molecule has 156 valence electrons. The summed E-state index contributed by atoms with van der Waals surface area (Å²) in [5.74, 6) is -0.849. The molecule has 1 amide bonds. The van der Waals surface area contributed by atoms with E-state index in [1.165, 1.54) is 30.0 Å². The number of thiazole rings is 1. The monoisotopic (exact) mass is 460 g/mol. The van der Waals surface area contributed by atoms with Gasteiger partial charge in [0.05, 0.1) is 28.5 Å². The number of ketones is 1. The standard InChI is InChI=1S/C21H20N2O4S3/c1-4-27-20(26)17-12(2)18(13(3)24)30-19(17)23-16(25)11-29-21-22-15(10-28-21)14-8-6-5-7-9-14/h5-10H,4,11H2,1-3H3,(H,23,25). The van der Waals surface area contributed by atoms with Gasteiger partial charge in [0.25, 0.3) is 0 Å². The number of rotatable bonds is 8. The third-order valence-electron chi connectivity index (χ3n) is 4.08. The molecule has 3 rings (SSSR count). The zero-order valence-electron chi connectivity index (χ0n) is 16.7. The first-order valence-electron chi connectivity index (χ1n) is 9.15. The Balaban J connectivity index is 1.69. The quantitative estimate of drug-likeness (QED) is 0.279. The third kappa shape index (κ3) is 5.16. The van der Waals surface area contributed by atoms with E-state index in [2.05, 4.69) is 10.3 Å². The molecule has 0 bridgehead atoms. The van der Waals surface area contributed by atoms with Gasteiger partial charge in [-0.3, -0.25) is 9.59 Å². The van der Waals surface area contributed by atoms with Crippen LogP contribution < -0.4 is 5.32 Å². The highest BCUT2D eigenvalue weighted by molar-refractivity contribution is 8.01. The number of hydrogen-bond donors (Lipinski definition) is 1. The molecule has 9 heteroatoms. The van der Waals surface area contributed by atoms with Gasteiger partial charge in [-0.2, -0.15) is 0 Å². The summed E-state index contributed by atoms with van der Waals surface area (Å²) >= 11 is 3.89. The maximum absolute atomic E-state index is 12.5. The van der Waals surface area contributed by atoms with Crippen LogP contribution in [0.1, 0.15) is 39.4 Å². The van der Waals surface area contributed by atoms with Gasteiger partial charge in [0.1, 0.15) is 5.00 Å². The van der Waals surface area contributed by atoms with E-state index < -0.39 is 5.97 Å². The second-order valence-electron chi connectivity index (χ2n) is 6.24. The SMILES string of the molecule is CCOC(=O)c1c(NC(=O)CSc2nc(-c3ccccc3)cs2)sc(C(C)=O)c1C. The van der Waals surface area contributed by atoms with Crippen molar-refractivity contribution in [2.75, 3.05) is 17.7 Å². The number of thioether (sulfide) groups is 1. The van der Waals surface area contributed by atoms with Crippen molar-refractivity contribution in [3.63, 3.8) is 0 Å². The van der Waals surface area contributed by atoms with Crippen molar-refractivity contribution in [2.24, 2.45) is 0 Å². The molecule has 0 fully saturated rings. The second kappa shape index (κ2) is 10.0. The summed E-state index contributed by atoms with van der Waals surface area (Å²) in [6.07, 6.45) is 0. The minimum absolute atomic E-state index is 0.135. The number of carbonyl (C=O) groups excluding carboxylic acids is 3. The Labute approximate surface area is 186 Å². The predicted octanol–water partition coefficient (Wildman–Crippen LogP) is 5.29. The van der Waals surface area contributed by atoms with Crippen LogP contribution in [0.4, 0.5) is 5.00 Å². The lowest BCUT2D eigenvalue weighted by atomic mass is 10.1. The predicted molar refractivity (Wildman–Crippen MR) is 122 cm³/mol. The Hall–Kier alpha value is -2.49. The summed E-state index contributed by atoms with van der Waals surface area (Å²) < 4.78 is 5.87. The van der Waals surface area contributed by atoms with Crippen LogP contribution in [0.25, 0.3) is 11.3 Å². The first-order chi connectivity index (χ1) is 14.4. The van der Waals surface area contributed by atoms with Crippen LogP contribution in [0.2, 0.25) is 0 Å². The molecule has 0 spiro atoms. The van der Waals surface area contributed by atoms with Gasteiger partial charge >= 0.3 is 5.97 Å². The van der Waals surface area contributed by atoms with Gasteiger partial charge in [0, 0.05) is 10.9 Å². The van der Waals surface area contributed by atoms with Crippen molar-refractivity contribution in [1.29, 1.82) is 0 Å². The summed E-state index contributed by atoms with van der Waals surface area (Å²) in [6, 6.07) is 9.82. The number of anilines is 1. The fourth-order valence-electron chi connectivity index (χ4n) is 2.74. The number of esters is 1. The maximum atomic E-state index is 12.5. The first-order valence-corrected chi connectivity index (χ1v) is 11.8. The number of nitrogens with zero attached hydrogens (tertiary/aromatic N) is 1. The average Bonchev–Trinajstić information content (AvgIpc) is 3.32. The number of benzene rings is 1. The van der Waals surface area contributed by atoms with Crippen LogP contribution in [-0.2, 0) is 9.53 Å². The summed E-state index contributed by atoms with van der Waals surface area (Å²) in [7, 11) is 0. The van der Waals surface area contributed by atoms with E-state index in [4.69, 9.17) is 4.74 Å². The molecule has 2 aromatic heterocycles. The molecular formula is C21H20N2O4S3. The number of thiophene rings is 1. The second-order valence-corrected chi connectivity index (χ2v) is 9.34. The Bertz CT molecular complexity index is 1070. The fourth-order valence-corrected chi connectivity index (χ4v) is 5.48. The van der Waals surface area contributed by atoms with E-state index in [0.717, 1.165) is 26.9 Å². The molecule has 0 saturated heterocycles. The summed E-state index contributed by atoms with van der Waals surface area (Å²) in [5, 5.41) is 5.05. The van der Waals surface area contributed by atoms with E-state index in [9.17, 15) is 14.4 Å². The van der Waals surface area contributed by atoms with Gasteiger partial charge in [-0.25, -0.2) is 9.78 Å². The Morgan fingerprint density at radius 1 is 1.20 bits per heavy atom. The third-order valence-corrected chi connectivity index (χ3v) is 7.41. The minimum Gasteiger partial charge on any atom is -0.462 e. The first kappa shape index (κ1) is 22.2. The highest BCUT2D eigenvalue weighted by Gasteiger charge is 2.25. The molecule has 0 atom stereocenters. The van der Waals surface area contributed by atoms with Crippen LogP contribution in [0.3, 0.4) is 0 Å². The topological polar surface area (TPSA) is 85.4 Å². The van der Waals surface area contributed by atoms with Crippen molar-refractivity contribution >= 4 is 57.1 Å². The molecule has 0 saturated carbocycles. The number of nitrogens with one attached hydrogen (secondary N) is 1.